The van der Waals surface area contributed by atoms with Crippen molar-refractivity contribution in [3.63, 3.8) is 0 Å². The van der Waals surface area contributed by atoms with Gasteiger partial charge < -0.3 is 5.11 Å². The summed E-state index contributed by atoms with van der Waals surface area (Å²) < 4.78 is 0. The number of dihydropyridines is 1. The van der Waals surface area contributed by atoms with Crippen LogP contribution in [0.5, 0.6) is 0 Å². The van der Waals surface area contributed by atoms with Crippen LogP contribution in [-0.4, -0.2) is 17.3 Å². The van der Waals surface area contributed by atoms with Gasteiger partial charge in [-0.1, -0.05) is 48.0 Å². The van der Waals surface area contributed by atoms with Crippen molar-refractivity contribution in [1.29, 1.82) is 0 Å². The molecule has 0 aliphatic carbocycles. The van der Waals surface area contributed by atoms with Crippen molar-refractivity contribution in [2.75, 3.05) is 0 Å². The number of halogens is 1. The number of alkyl halides is 1. The Balaban J connectivity index is 2.47. The van der Waals surface area contributed by atoms with Crippen LogP contribution in [0.25, 0.3) is 0 Å². The number of carboxylic acids is 1. The molecule has 0 bridgehead atoms. The minimum atomic E-state index is -1.23. The standard InChI is InChI=1S/C12H10ClNO2/c13-12(9-5-2-1-3-6-9)10(11(15)16)7-4-8-14-12/h1-8,10H,(H,15,16). The molecule has 0 aromatic heterocycles. The lowest BCUT2D eigenvalue weighted by Gasteiger charge is -2.29. The average molecular weight is 236 g/mol. The molecule has 1 aromatic rings. The molecular weight excluding hydrogens is 226 g/mol. The van der Waals surface area contributed by atoms with Crippen LogP contribution in [0.1, 0.15) is 5.56 Å². The molecular formula is C12H10ClNO2. The summed E-state index contributed by atoms with van der Waals surface area (Å²) >= 11 is 6.33. The van der Waals surface area contributed by atoms with Crippen LogP contribution < -0.4 is 0 Å². The lowest BCUT2D eigenvalue weighted by Crippen LogP contribution is -2.34. The van der Waals surface area contributed by atoms with E-state index in [-0.39, 0.29) is 0 Å². The molecule has 4 heteroatoms. The van der Waals surface area contributed by atoms with E-state index in [1.165, 1.54) is 6.21 Å². The van der Waals surface area contributed by atoms with Crippen molar-refractivity contribution in [3.8, 4) is 0 Å². The highest BCUT2D eigenvalue weighted by atomic mass is 35.5. The van der Waals surface area contributed by atoms with Gasteiger partial charge in [-0.3, -0.25) is 9.79 Å². The summed E-state index contributed by atoms with van der Waals surface area (Å²) in [5, 5.41) is 9.13. The van der Waals surface area contributed by atoms with Crippen molar-refractivity contribution >= 4 is 23.8 Å². The van der Waals surface area contributed by atoms with E-state index in [0.29, 0.717) is 5.56 Å². The second-order valence-electron chi connectivity index (χ2n) is 3.52. The normalized spacial score (nSPS) is 27.9. The van der Waals surface area contributed by atoms with Gasteiger partial charge in [0.25, 0.3) is 0 Å². The molecule has 0 saturated carbocycles. The van der Waals surface area contributed by atoms with Crippen LogP contribution >= 0.6 is 11.6 Å². The first-order valence-electron chi connectivity index (χ1n) is 4.84. The zero-order valence-corrected chi connectivity index (χ0v) is 9.13. The van der Waals surface area contributed by atoms with Crippen molar-refractivity contribution in [3.05, 3.63) is 48.0 Å². The molecule has 0 amide bonds. The maximum Gasteiger partial charge on any atom is 0.314 e. The number of allylic oxidation sites excluding steroid dienone is 1. The minimum absolute atomic E-state index is 0.685. The zero-order valence-electron chi connectivity index (χ0n) is 8.38. The third-order valence-electron chi connectivity index (χ3n) is 2.51. The molecule has 1 aromatic carbocycles. The largest absolute Gasteiger partial charge is 0.481 e. The van der Waals surface area contributed by atoms with Gasteiger partial charge in [0.05, 0.1) is 0 Å². The van der Waals surface area contributed by atoms with E-state index < -0.39 is 16.9 Å². The molecule has 82 valence electrons. The molecule has 0 spiro atoms. The Morgan fingerprint density at radius 3 is 2.69 bits per heavy atom. The number of rotatable bonds is 2. The summed E-state index contributed by atoms with van der Waals surface area (Å²) in [5.41, 5.74) is 0.685. The average Bonchev–Trinajstić information content (AvgIpc) is 2.30. The Hall–Kier alpha value is -1.61. The minimum Gasteiger partial charge on any atom is -0.481 e. The summed E-state index contributed by atoms with van der Waals surface area (Å²) in [6.07, 6.45) is 4.68. The van der Waals surface area contributed by atoms with E-state index in [0.717, 1.165) is 0 Å². The summed E-state index contributed by atoms with van der Waals surface area (Å²) in [4.78, 5) is 14.0. The summed E-state index contributed by atoms with van der Waals surface area (Å²) in [7, 11) is 0. The van der Waals surface area contributed by atoms with E-state index in [1.54, 1.807) is 24.3 Å². The quantitative estimate of drug-likeness (QED) is 0.632. The van der Waals surface area contributed by atoms with Gasteiger partial charge in [0, 0.05) is 6.21 Å². The third-order valence-corrected chi connectivity index (χ3v) is 3.06. The number of benzene rings is 1. The monoisotopic (exact) mass is 235 g/mol. The smallest absolute Gasteiger partial charge is 0.314 e. The fourth-order valence-electron chi connectivity index (χ4n) is 1.69. The first-order chi connectivity index (χ1) is 7.64. The lowest BCUT2D eigenvalue weighted by atomic mass is 9.91. The second kappa shape index (κ2) is 4.10. The molecule has 1 aliphatic rings. The maximum atomic E-state index is 11.1. The lowest BCUT2D eigenvalue weighted by molar-refractivity contribution is -0.141. The number of aliphatic imine (C=N–C) groups is 1. The summed E-state index contributed by atoms with van der Waals surface area (Å²) in [6, 6.07) is 9.03. The predicted octanol–water partition coefficient (Wildman–Crippen LogP) is 2.42. The molecule has 1 aliphatic heterocycles. The number of nitrogens with zero attached hydrogens (tertiary/aromatic N) is 1. The van der Waals surface area contributed by atoms with Gasteiger partial charge in [-0.25, -0.2) is 0 Å². The first-order valence-corrected chi connectivity index (χ1v) is 5.21. The van der Waals surface area contributed by atoms with Crippen molar-refractivity contribution in [1.82, 2.24) is 0 Å². The maximum absolute atomic E-state index is 11.1. The van der Waals surface area contributed by atoms with E-state index in [9.17, 15) is 4.79 Å². The molecule has 3 nitrogen and oxygen atoms in total. The number of carbonyl (C=O) groups is 1. The van der Waals surface area contributed by atoms with Crippen molar-refractivity contribution in [2.24, 2.45) is 10.9 Å². The van der Waals surface area contributed by atoms with Crippen LogP contribution in [0.4, 0.5) is 0 Å². The topological polar surface area (TPSA) is 49.7 Å². The van der Waals surface area contributed by atoms with Gasteiger partial charge in [0.1, 0.15) is 5.92 Å². The molecule has 2 atom stereocenters. The fourth-order valence-corrected chi connectivity index (χ4v) is 2.04. The number of hydrogen-bond donors (Lipinski definition) is 1. The molecule has 2 unspecified atom stereocenters. The van der Waals surface area contributed by atoms with Crippen LogP contribution in [0, 0.1) is 5.92 Å². The Kier molecular flexibility index (Phi) is 2.79. The van der Waals surface area contributed by atoms with E-state index in [1.807, 2.05) is 18.2 Å². The Morgan fingerprint density at radius 2 is 2.06 bits per heavy atom. The van der Waals surface area contributed by atoms with Gasteiger partial charge in [0.15, 0.2) is 5.00 Å². The molecule has 1 heterocycles. The van der Waals surface area contributed by atoms with E-state index >= 15 is 0 Å². The molecule has 0 saturated heterocycles. The Bertz CT molecular complexity index is 455. The SMILES string of the molecule is O=C(O)C1C=CC=NC1(Cl)c1ccccc1. The van der Waals surface area contributed by atoms with Crippen molar-refractivity contribution in [2.45, 2.75) is 5.00 Å². The first kappa shape index (κ1) is 10.9. The molecule has 0 radical (unpaired) electrons. The van der Waals surface area contributed by atoms with E-state index in [2.05, 4.69) is 4.99 Å². The van der Waals surface area contributed by atoms with Crippen LogP contribution in [-0.2, 0) is 9.79 Å². The Labute approximate surface area is 98.1 Å². The fraction of sp³-hybridized carbons (Fsp3) is 0.167. The van der Waals surface area contributed by atoms with Gasteiger partial charge in [0.2, 0.25) is 0 Å². The van der Waals surface area contributed by atoms with E-state index in [4.69, 9.17) is 16.7 Å². The third kappa shape index (κ3) is 1.74. The van der Waals surface area contributed by atoms with Crippen LogP contribution in [0.15, 0.2) is 47.5 Å². The van der Waals surface area contributed by atoms with Gasteiger partial charge in [-0.2, -0.15) is 0 Å². The number of carboxylic acid groups (broad SMARTS) is 1. The summed E-state index contributed by atoms with van der Waals surface area (Å²) in [5.74, 6) is -1.83. The van der Waals surface area contributed by atoms with Crippen LogP contribution in [0.2, 0.25) is 0 Å². The highest BCUT2D eigenvalue weighted by Crippen LogP contribution is 2.40. The number of aliphatic carboxylic acids is 1. The highest BCUT2D eigenvalue weighted by Gasteiger charge is 2.42. The molecule has 1 N–H and O–H groups in total. The predicted molar refractivity (Wildman–Crippen MR) is 62.7 cm³/mol. The molecule has 0 fully saturated rings. The van der Waals surface area contributed by atoms with Gasteiger partial charge >= 0.3 is 5.97 Å². The second-order valence-corrected chi connectivity index (χ2v) is 4.09. The Morgan fingerprint density at radius 1 is 1.38 bits per heavy atom. The van der Waals surface area contributed by atoms with Crippen LogP contribution in [0.3, 0.4) is 0 Å². The molecule has 2 rings (SSSR count). The zero-order chi connectivity index (χ0) is 11.6. The van der Waals surface area contributed by atoms with Gasteiger partial charge in [-0.15, -0.1) is 0 Å². The highest BCUT2D eigenvalue weighted by molar-refractivity contribution is 6.26. The summed E-state index contributed by atoms with van der Waals surface area (Å²) in [6.45, 7) is 0. The van der Waals surface area contributed by atoms with Crippen molar-refractivity contribution < 1.29 is 9.90 Å². The molecule has 16 heavy (non-hydrogen) atoms. The number of hydrogen-bond acceptors (Lipinski definition) is 2. The van der Waals surface area contributed by atoms with Gasteiger partial charge in [-0.05, 0) is 11.6 Å².